The third-order valence-corrected chi connectivity index (χ3v) is 3.71. The van der Waals surface area contributed by atoms with Crippen molar-refractivity contribution in [2.24, 2.45) is 5.92 Å². The lowest BCUT2D eigenvalue weighted by molar-refractivity contribution is -0.119. The molecule has 1 saturated heterocycles. The van der Waals surface area contributed by atoms with Gasteiger partial charge < -0.3 is 5.11 Å². The minimum atomic E-state index is -0.308. The number of benzene rings is 1. The SMILES string of the molecule is CC(O)C1CCN(CC(=O)Cc2ccc(F)cc2)C1. The van der Waals surface area contributed by atoms with Gasteiger partial charge in [0.05, 0.1) is 12.6 Å². The summed E-state index contributed by atoms with van der Waals surface area (Å²) in [5, 5.41) is 9.52. The van der Waals surface area contributed by atoms with E-state index < -0.39 is 0 Å². The van der Waals surface area contributed by atoms with Crippen molar-refractivity contribution < 1.29 is 14.3 Å². The van der Waals surface area contributed by atoms with Gasteiger partial charge in [0.15, 0.2) is 5.78 Å². The van der Waals surface area contributed by atoms with Gasteiger partial charge in [0.2, 0.25) is 0 Å². The third-order valence-electron chi connectivity index (χ3n) is 3.71. The van der Waals surface area contributed by atoms with Crippen molar-refractivity contribution in [3.63, 3.8) is 0 Å². The Bertz CT molecular complexity index is 430. The number of hydrogen-bond donors (Lipinski definition) is 1. The number of aliphatic hydroxyl groups excluding tert-OH is 1. The van der Waals surface area contributed by atoms with Gasteiger partial charge in [-0.15, -0.1) is 0 Å². The molecule has 1 heterocycles. The normalized spacial score (nSPS) is 21.5. The van der Waals surface area contributed by atoms with Gasteiger partial charge >= 0.3 is 0 Å². The second kappa shape index (κ2) is 6.26. The largest absolute Gasteiger partial charge is 0.393 e. The Labute approximate surface area is 113 Å². The highest BCUT2D eigenvalue weighted by atomic mass is 19.1. The number of ketones is 1. The molecule has 0 amide bonds. The van der Waals surface area contributed by atoms with Gasteiger partial charge in [-0.25, -0.2) is 4.39 Å². The molecule has 1 aliphatic rings. The topological polar surface area (TPSA) is 40.5 Å². The average molecular weight is 265 g/mol. The summed E-state index contributed by atoms with van der Waals surface area (Å²) in [5.41, 5.74) is 0.845. The first-order valence-electron chi connectivity index (χ1n) is 6.71. The lowest BCUT2D eigenvalue weighted by Crippen LogP contribution is -2.30. The fourth-order valence-electron chi connectivity index (χ4n) is 2.54. The molecule has 1 fully saturated rings. The fraction of sp³-hybridized carbons (Fsp3) is 0.533. The molecule has 19 heavy (non-hydrogen) atoms. The van der Waals surface area contributed by atoms with Crippen LogP contribution in [0.4, 0.5) is 4.39 Å². The number of likely N-dealkylation sites (tertiary alicyclic amines) is 1. The number of Topliss-reactive ketones (excluding diaryl/α,β-unsaturated/α-hetero) is 1. The molecule has 104 valence electrons. The molecule has 1 aliphatic heterocycles. The molecule has 2 unspecified atom stereocenters. The van der Waals surface area contributed by atoms with Gasteiger partial charge in [0, 0.05) is 13.0 Å². The molecule has 0 aromatic heterocycles. The van der Waals surface area contributed by atoms with E-state index in [1.54, 1.807) is 19.1 Å². The maximum atomic E-state index is 12.8. The number of carbonyl (C=O) groups excluding carboxylic acids is 1. The van der Waals surface area contributed by atoms with Crippen molar-refractivity contribution in [1.82, 2.24) is 4.90 Å². The van der Waals surface area contributed by atoms with Crippen molar-refractivity contribution in [2.75, 3.05) is 19.6 Å². The predicted molar refractivity (Wildman–Crippen MR) is 71.3 cm³/mol. The molecule has 3 nitrogen and oxygen atoms in total. The highest BCUT2D eigenvalue weighted by molar-refractivity contribution is 5.82. The highest BCUT2D eigenvalue weighted by Gasteiger charge is 2.26. The standard InChI is InChI=1S/C15H20FNO2/c1-11(18)13-6-7-17(9-13)10-15(19)8-12-2-4-14(16)5-3-12/h2-5,11,13,18H,6-10H2,1H3. The Hall–Kier alpha value is -1.26. The Balaban J connectivity index is 1.80. The second-order valence-electron chi connectivity index (χ2n) is 5.37. The summed E-state index contributed by atoms with van der Waals surface area (Å²) in [6.07, 6.45) is 0.981. The van der Waals surface area contributed by atoms with Crippen LogP contribution in [0, 0.1) is 11.7 Å². The van der Waals surface area contributed by atoms with E-state index in [4.69, 9.17) is 0 Å². The molecule has 0 aliphatic carbocycles. The lowest BCUT2D eigenvalue weighted by Gasteiger charge is -2.16. The van der Waals surface area contributed by atoms with Crippen LogP contribution < -0.4 is 0 Å². The van der Waals surface area contributed by atoms with Gasteiger partial charge in [-0.1, -0.05) is 12.1 Å². The third kappa shape index (κ3) is 4.11. The van der Waals surface area contributed by atoms with Crippen LogP contribution in [0.3, 0.4) is 0 Å². The van der Waals surface area contributed by atoms with E-state index in [2.05, 4.69) is 4.90 Å². The summed E-state index contributed by atoms with van der Waals surface area (Å²) in [4.78, 5) is 14.0. The van der Waals surface area contributed by atoms with Crippen molar-refractivity contribution >= 4 is 5.78 Å². The van der Waals surface area contributed by atoms with Crippen molar-refractivity contribution in [2.45, 2.75) is 25.9 Å². The second-order valence-corrected chi connectivity index (χ2v) is 5.37. The molecular weight excluding hydrogens is 245 g/mol. The van der Waals surface area contributed by atoms with E-state index >= 15 is 0 Å². The van der Waals surface area contributed by atoms with Crippen molar-refractivity contribution in [1.29, 1.82) is 0 Å². The van der Waals surface area contributed by atoms with E-state index in [1.165, 1.54) is 12.1 Å². The van der Waals surface area contributed by atoms with E-state index in [0.717, 1.165) is 25.1 Å². The fourth-order valence-corrected chi connectivity index (χ4v) is 2.54. The minimum Gasteiger partial charge on any atom is -0.393 e. The average Bonchev–Trinajstić information content (AvgIpc) is 2.80. The number of nitrogens with zero attached hydrogens (tertiary/aromatic N) is 1. The highest BCUT2D eigenvalue weighted by Crippen LogP contribution is 2.19. The Kier molecular flexibility index (Phi) is 4.66. The Morgan fingerprint density at radius 1 is 1.47 bits per heavy atom. The van der Waals surface area contributed by atoms with Crippen molar-refractivity contribution in [3.05, 3.63) is 35.6 Å². The number of hydrogen-bond acceptors (Lipinski definition) is 3. The first kappa shape index (κ1) is 14.2. The van der Waals surface area contributed by atoms with Gasteiger partial charge in [0.1, 0.15) is 5.82 Å². The molecule has 1 N–H and O–H groups in total. The number of carbonyl (C=O) groups is 1. The van der Waals surface area contributed by atoms with Crippen LogP contribution in [0.25, 0.3) is 0 Å². The van der Waals surface area contributed by atoms with Crippen LogP contribution in [0.15, 0.2) is 24.3 Å². The summed E-state index contributed by atoms with van der Waals surface area (Å²) < 4.78 is 12.8. The van der Waals surface area contributed by atoms with E-state index in [9.17, 15) is 14.3 Å². The summed E-state index contributed by atoms with van der Waals surface area (Å²) in [6, 6.07) is 6.05. The van der Waals surface area contributed by atoms with Crippen LogP contribution in [0.5, 0.6) is 0 Å². The van der Waals surface area contributed by atoms with Gasteiger partial charge in [-0.05, 0) is 43.5 Å². The Morgan fingerprint density at radius 3 is 2.74 bits per heavy atom. The zero-order chi connectivity index (χ0) is 13.8. The van der Waals surface area contributed by atoms with E-state index in [0.29, 0.717) is 13.0 Å². The predicted octanol–water partition coefficient (Wildman–Crippen LogP) is 1.64. The summed E-state index contributed by atoms with van der Waals surface area (Å²) >= 11 is 0. The maximum absolute atomic E-state index is 12.8. The molecular formula is C15H20FNO2. The summed E-state index contributed by atoms with van der Waals surface area (Å²) in [6.45, 7) is 3.87. The zero-order valence-electron chi connectivity index (χ0n) is 11.2. The molecule has 2 rings (SSSR count). The molecule has 4 heteroatoms. The van der Waals surface area contributed by atoms with E-state index in [-0.39, 0.29) is 23.6 Å². The van der Waals surface area contributed by atoms with Crippen molar-refractivity contribution in [3.8, 4) is 0 Å². The summed E-state index contributed by atoms with van der Waals surface area (Å²) in [7, 11) is 0. The monoisotopic (exact) mass is 265 g/mol. The molecule has 0 bridgehead atoms. The number of halogens is 1. The zero-order valence-corrected chi connectivity index (χ0v) is 11.2. The van der Waals surface area contributed by atoms with Crippen LogP contribution in [0.2, 0.25) is 0 Å². The lowest BCUT2D eigenvalue weighted by atomic mass is 10.0. The van der Waals surface area contributed by atoms with Gasteiger partial charge in [-0.2, -0.15) is 0 Å². The summed E-state index contributed by atoms with van der Waals surface area (Å²) in [5.74, 6) is 0.131. The van der Waals surface area contributed by atoms with Crippen LogP contribution in [0.1, 0.15) is 18.9 Å². The minimum absolute atomic E-state index is 0.137. The molecule has 1 aromatic carbocycles. The Morgan fingerprint density at radius 2 is 2.16 bits per heavy atom. The van der Waals surface area contributed by atoms with E-state index in [1.807, 2.05) is 0 Å². The number of aliphatic hydroxyl groups is 1. The van der Waals surface area contributed by atoms with Gasteiger partial charge in [0.25, 0.3) is 0 Å². The van der Waals surface area contributed by atoms with Gasteiger partial charge in [-0.3, -0.25) is 9.69 Å². The van der Waals surface area contributed by atoms with Crippen LogP contribution in [-0.4, -0.2) is 41.5 Å². The first-order chi connectivity index (χ1) is 9.04. The number of rotatable bonds is 5. The molecule has 0 saturated carbocycles. The quantitative estimate of drug-likeness (QED) is 0.880. The molecule has 0 spiro atoms. The molecule has 2 atom stereocenters. The van der Waals surface area contributed by atoms with Crippen LogP contribution in [-0.2, 0) is 11.2 Å². The van der Waals surface area contributed by atoms with Crippen LogP contribution >= 0.6 is 0 Å². The molecule has 1 aromatic rings. The first-order valence-corrected chi connectivity index (χ1v) is 6.71. The molecule has 0 radical (unpaired) electrons. The maximum Gasteiger partial charge on any atom is 0.151 e. The smallest absolute Gasteiger partial charge is 0.151 e.